The molecule has 0 spiro atoms. The zero-order valence-corrected chi connectivity index (χ0v) is 5.04. The van der Waals surface area contributed by atoms with E-state index in [9.17, 15) is 0 Å². The van der Waals surface area contributed by atoms with Gasteiger partial charge >= 0.3 is 0 Å². The maximum atomic E-state index is 8.42. The van der Waals surface area contributed by atoms with Gasteiger partial charge in [0.25, 0.3) is 0 Å². The Morgan fingerprint density at radius 1 is 1.44 bits per heavy atom. The van der Waals surface area contributed by atoms with Crippen molar-refractivity contribution in [2.75, 3.05) is 6.61 Å². The maximum absolute atomic E-state index is 8.42. The van der Waals surface area contributed by atoms with Crippen molar-refractivity contribution in [3.8, 4) is 12.1 Å². The van der Waals surface area contributed by atoms with Gasteiger partial charge in [0, 0.05) is 6.42 Å². The van der Waals surface area contributed by atoms with Gasteiger partial charge in [-0.1, -0.05) is 0 Å². The third-order valence-electron chi connectivity index (χ3n) is 1.01. The normalized spacial score (nSPS) is 11.4. The van der Waals surface area contributed by atoms with Gasteiger partial charge in [0.1, 0.15) is 0 Å². The minimum Gasteiger partial charge on any atom is -0.395 e. The Morgan fingerprint density at radius 3 is 2.44 bits per heavy atom. The molecular weight excluding hydrogens is 116 g/mol. The highest BCUT2D eigenvalue weighted by atomic mass is 16.3. The highest BCUT2D eigenvalue weighted by molar-refractivity contribution is 4.84. The molecule has 0 aromatic rings. The summed E-state index contributed by atoms with van der Waals surface area (Å²) in [7, 11) is 0. The van der Waals surface area contributed by atoms with E-state index in [1.165, 1.54) is 0 Å². The first-order valence-electron chi connectivity index (χ1n) is 2.72. The molecule has 3 heteroatoms. The Kier molecular flexibility index (Phi) is 4.49. The van der Waals surface area contributed by atoms with Gasteiger partial charge in [-0.15, -0.1) is 0 Å². The Morgan fingerprint density at radius 2 is 2.11 bits per heavy atom. The third-order valence-corrected chi connectivity index (χ3v) is 1.01. The van der Waals surface area contributed by atoms with Crippen LogP contribution in [0.5, 0.6) is 0 Å². The zero-order valence-electron chi connectivity index (χ0n) is 5.04. The molecule has 0 aliphatic heterocycles. The summed E-state index contributed by atoms with van der Waals surface area (Å²) in [6.07, 6.45) is 0.822. The monoisotopic (exact) mass is 124 g/mol. The molecular formula is C6H8N2O. The average molecular weight is 124 g/mol. The van der Waals surface area contributed by atoms with Gasteiger partial charge in [-0.3, -0.25) is 0 Å². The van der Waals surface area contributed by atoms with Crippen LogP contribution in [0.2, 0.25) is 0 Å². The SMILES string of the molecule is N#CCCC(C#N)CO. The summed E-state index contributed by atoms with van der Waals surface area (Å²) in [4.78, 5) is 0. The fraction of sp³-hybridized carbons (Fsp3) is 0.667. The predicted molar refractivity (Wildman–Crippen MR) is 31.0 cm³/mol. The van der Waals surface area contributed by atoms with E-state index in [0.717, 1.165) is 0 Å². The minimum absolute atomic E-state index is 0.141. The van der Waals surface area contributed by atoms with Crippen LogP contribution in [0.3, 0.4) is 0 Å². The lowest BCUT2D eigenvalue weighted by molar-refractivity contribution is 0.251. The van der Waals surface area contributed by atoms with E-state index < -0.39 is 0 Å². The van der Waals surface area contributed by atoms with Crippen molar-refractivity contribution in [3.05, 3.63) is 0 Å². The van der Waals surface area contributed by atoms with Gasteiger partial charge in [-0.25, -0.2) is 0 Å². The molecule has 0 aliphatic carbocycles. The Balaban J connectivity index is 3.37. The van der Waals surface area contributed by atoms with Crippen LogP contribution >= 0.6 is 0 Å². The van der Waals surface area contributed by atoms with Crippen molar-refractivity contribution in [1.29, 1.82) is 10.5 Å². The van der Waals surface area contributed by atoms with Gasteiger partial charge in [-0.2, -0.15) is 10.5 Å². The van der Waals surface area contributed by atoms with Gasteiger partial charge in [0.05, 0.1) is 24.7 Å². The van der Waals surface area contributed by atoms with Gasteiger partial charge in [0.15, 0.2) is 0 Å². The smallest absolute Gasteiger partial charge is 0.0704 e. The molecule has 0 saturated heterocycles. The maximum Gasteiger partial charge on any atom is 0.0704 e. The summed E-state index contributed by atoms with van der Waals surface area (Å²) in [5.41, 5.74) is 0. The summed E-state index contributed by atoms with van der Waals surface area (Å²) in [6.45, 7) is -0.141. The number of nitriles is 2. The van der Waals surface area contributed by atoms with Gasteiger partial charge < -0.3 is 5.11 Å². The summed E-state index contributed by atoms with van der Waals surface area (Å²) >= 11 is 0. The molecule has 0 radical (unpaired) electrons. The van der Waals surface area contributed by atoms with Crippen molar-refractivity contribution in [1.82, 2.24) is 0 Å². The van der Waals surface area contributed by atoms with Crippen molar-refractivity contribution in [3.63, 3.8) is 0 Å². The summed E-state index contributed by atoms with van der Waals surface area (Å²) in [5, 5.41) is 24.7. The van der Waals surface area contributed by atoms with E-state index in [1.54, 1.807) is 0 Å². The predicted octanol–water partition coefficient (Wildman–Crippen LogP) is 0.422. The second-order valence-electron chi connectivity index (χ2n) is 1.71. The fourth-order valence-corrected chi connectivity index (χ4v) is 0.435. The standard InChI is InChI=1S/C6H8N2O/c7-3-1-2-6(4-8)5-9/h6,9H,1-2,5H2. The molecule has 0 heterocycles. The van der Waals surface area contributed by atoms with Crippen molar-refractivity contribution in [2.45, 2.75) is 12.8 Å². The van der Waals surface area contributed by atoms with Crippen molar-refractivity contribution in [2.24, 2.45) is 5.92 Å². The Labute approximate surface area is 54.1 Å². The second-order valence-corrected chi connectivity index (χ2v) is 1.71. The minimum atomic E-state index is -0.357. The molecule has 0 bridgehead atoms. The molecule has 0 aromatic carbocycles. The van der Waals surface area contributed by atoms with Crippen LogP contribution in [0.1, 0.15) is 12.8 Å². The highest BCUT2D eigenvalue weighted by Gasteiger charge is 2.02. The number of aliphatic hydroxyl groups is 1. The number of rotatable bonds is 3. The Bertz CT molecular complexity index is 142. The molecule has 0 rings (SSSR count). The lowest BCUT2D eigenvalue weighted by Crippen LogP contribution is -2.01. The number of hydrogen-bond donors (Lipinski definition) is 1. The summed E-state index contributed by atoms with van der Waals surface area (Å²) in [6, 6.07) is 3.79. The molecule has 0 aromatic heterocycles. The molecule has 1 N–H and O–H groups in total. The van der Waals surface area contributed by atoms with E-state index in [4.69, 9.17) is 15.6 Å². The lowest BCUT2D eigenvalue weighted by Gasteiger charge is -1.97. The van der Waals surface area contributed by atoms with Crippen LogP contribution in [0.15, 0.2) is 0 Å². The number of nitrogens with zero attached hydrogens (tertiary/aromatic N) is 2. The second kappa shape index (κ2) is 5.08. The van der Waals surface area contributed by atoms with E-state index in [1.807, 2.05) is 12.1 Å². The lowest BCUT2D eigenvalue weighted by atomic mass is 10.1. The molecule has 1 unspecified atom stereocenters. The molecule has 0 fully saturated rings. The topological polar surface area (TPSA) is 67.8 Å². The van der Waals surface area contributed by atoms with E-state index >= 15 is 0 Å². The van der Waals surface area contributed by atoms with Crippen molar-refractivity contribution >= 4 is 0 Å². The summed E-state index contributed by atoms with van der Waals surface area (Å²) in [5.74, 6) is -0.357. The first-order valence-corrected chi connectivity index (χ1v) is 2.72. The highest BCUT2D eigenvalue weighted by Crippen LogP contribution is 2.01. The van der Waals surface area contributed by atoms with Crippen LogP contribution in [-0.4, -0.2) is 11.7 Å². The molecule has 0 saturated carbocycles. The molecule has 9 heavy (non-hydrogen) atoms. The first-order chi connectivity index (χ1) is 4.35. The van der Waals surface area contributed by atoms with E-state index in [2.05, 4.69) is 0 Å². The number of aliphatic hydroxyl groups excluding tert-OH is 1. The quantitative estimate of drug-likeness (QED) is 0.592. The van der Waals surface area contributed by atoms with E-state index in [0.29, 0.717) is 12.8 Å². The van der Waals surface area contributed by atoms with Crippen LogP contribution < -0.4 is 0 Å². The first kappa shape index (κ1) is 7.94. The van der Waals surface area contributed by atoms with Gasteiger partial charge in [-0.05, 0) is 6.42 Å². The molecule has 0 aliphatic rings. The van der Waals surface area contributed by atoms with Gasteiger partial charge in [0.2, 0.25) is 0 Å². The molecule has 48 valence electrons. The third kappa shape index (κ3) is 3.52. The largest absolute Gasteiger partial charge is 0.395 e. The number of hydrogen-bond acceptors (Lipinski definition) is 3. The molecule has 0 amide bonds. The zero-order chi connectivity index (χ0) is 7.11. The average Bonchev–Trinajstić information content (AvgIpc) is 1.91. The van der Waals surface area contributed by atoms with Crippen LogP contribution in [-0.2, 0) is 0 Å². The van der Waals surface area contributed by atoms with E-state index in [-0.39, 0.29) is 12.5 Å². The van der Waals surface area contributed by atoms with Crippen LogP contribution in [0.25, 0.3) is 0 Å². The molecule has 3 nitrogen and oxygen atoms in total. The Hall–Kier alpha value is -1.06. The van der Waals surface area contributed by atoms with Crippen LogP contribution in [0, 0.1) is 28.6 Å². The molecule has 1 atom stereocenters. The summed E-state index contributed by atoms with van der Waals surface area (Å²) < 4.78 is 0. The fourth-order valence-electron chi connectivity index (χ4n) is 0.435. The van der Waals surface area contributed by atoms with Crippen molar-refractivity contribution < 1.29 is 5.11 Å². The van der Waals surface area contributed by atoms with Crippen LogP contribution in [0.4, 0.5) is 0 Å².